The number of rotatable bonds is 5. The van der Waals surface area contributed by atoms with E-state index in [1.165, 1.54) is 15.3 Å². The van der Waals surface area contributed by atoms with Crippen molar-refractivity contribution in [3.63, 3.8) is 0 Å². The van der Waals surface area contributed by atoms with Gasteiger partial charge in [-0.1, -0.05) is 6.08 Å². The van der Waals surface area contributed by atoms with Gasteiger partial charge in [0, 0.05) is 19.3 Å². The van der Waals surface area contributed by atoms with Crippen LogP contribution in [0.5, 0.6) is 5.88 Å². The molecule has 1 heterocycles. The Kier molecular flexibility index (Phi) is 5.03. The molecule has 1 N–H and O–H groups in total. The summed E-state index contributed by atoms with van der Waals surface area (Å²) in [7, 11) is 0. The smallest absolute Gasteiger partial charge is 0.267 e. The van der Waals surface area contributed by atoms with E-state index in [9.17, 15) is 9.90 Å². The zero-order chi connectivity index (χ0) is 13.7. The van der Waals surface area contributed by atoms with Crippen LogP contribution in [0.15, 0.2) is 22.4 Å². The Bertz CT molecular complexity index is 584. The van der Waals surface area contributed by atoms with Crippen molar-refractivity contribution in [1.29, 1.82) is 0 Å². The molecule has 98 valence electrons. The maximum atomic E-state index is 12.1. The van der Waals surface area contributed by atoms with Crippen molar-refractivity contribution >= 4 is 18.4 Å². The van der Waals surface area contributed by atoms with Gasteiger partial charge in [-0.15, -0.1) is 6.58 Å². The molecule has 0 atom stereocenters. The maximum absolute atomic E-state index is 12.1. The second-order valence-corrected chi connectivity index (χ2v) is 3.96. The number of aliphatic imine (C=N–C) groups is 1. The summed E-state index contributed by atoms with van der Waals surface area (Å²) in [5.41, 5.74) is -0.160. The summed E-state index contributed by atoms with van der Waals surface area (Å²) in [5.74, 6) is -0.134. The molecule has 1 rings (SSSR count). The summed E-state index contributed by atoms with van der Waals surface area (Å²) in [6.45, 7) is 8.57. The molecule has 0 saturated carbocycles. The minimum Gasteiger partial charge on any atom is -0.494 e. The highest BCUT2D eigenvalue weighted by Crippen LogP contribution is 2.12. The zero-order valence-corrected chi connectivity index (χ0v) is 11.4. The van der Waals surface area contributed by atoms with Crippen LogP contribution in [-0.2, 0) is 13.1 Å². The van der Waals surface area contributed by atoms with Crippen LogP contribution >= 0.6 is 12.2 Å². The van der Waals surface area contributed by atoms with Gasteiger partial charge in [0.15, 0.2) is 4.77 Å². The van der Waals surface area contributed by atoms with Crippen LogP contribution in [0.2, 0.25) is 0 Å². The summed E-state index contributed by atoms with van der Waals surface area (Å²) in [6.07, 6.45) is 2.98. The largest absolute Gasteiger partial charge is 0.494 e. The van der Waals surface area contributed by atoms with E-state index in [0.717, 1.165) is 0 Å². The van der Waals surface area contributed by atoms with Crippen LogP contribution in [0.25, 0.3) is 0 Å². The predicted octanol–water partition coefficient (Wildman–Crippen LogP) is 1.73. The normalized spacial score (nSPS) is 11.0. The summed E-state index contributed by atoms with van der Waals surface area (Å²) in [4.78, 5) is 16.1. The van der Waals surface area contributed by atoms with Crippen LogP contribution in [-0.4, -0.2) is 27.0 Å². The molecular formula is C12H17N3O2S. The van der Waals surface area contributed by atoms with E-state index < -0.39 is 0 Å². The van der Waals surface area contributed by atoms with Crippen LogP contribution in [0.4, 0.5) is 0 Å². The Labute approximate surface area is 111 Å². The first-order valence-corrected chi connectivity index (χ1v) is 6.16. The third-order valence-electron chi connectivity index (χ3n) is 2.52. The lowest BCUT2D eigenvalue weighted by molar-refractivity contribution is 0.399. The third-order valence-corrected chi connectivity index (χ3v) is 2.96. The quantitative estimate of drug-likeness (QED) is 0.502. The Balaban J connectivity index is 3.56. The number of aromatic nitrogens is 2. The molecule has 0 aliphatic rings. The van der Waals surface area contributed by atoms with Gasteiger partial charge in [0.05, 0.1) is 6.54 Å². The molecule has 0 amide bonds. The SMILES string of the molecule is C=CCN=Cc1c(O)n(CC)c(=S)n(CC)c1=O. The first-order valence-electron chi connectivity index (χ1n) is 5.75. The molecule has 0 aliphatic heterocycles. The molecule has 0 saturated heterocycles. The Morgan fingerprint density at radius 3 is 2.50 bits per heavy atom. The third kappa shape index (κ3) is 2.59. The van der Waals surface area contributed by atoms with Gasteiger partial charge in [-0.05, 0) is 26.1 Å². The zero-order valence-electron chi connectivity index (χ0n) is 10.6. The van der Waals surface area contributed by atoms with E-state index in [4.69, 9.17) is 12.2 Å². The monoisotopic (exact) mass is 267 g/mol. The molecule has 0 aliphatic carbocycles. The fourth-order valence-electron chi connectivity index (χ4n) is 1.60. The van der Waals surface area contributed by atoms with Gasteiger partial charge in [-0.2, -0.15) is 0 Å². The summed E-state index contributed by atoms with van der Waals surface area (Å²) < 4.78 is 3.27. The van der Waals surface area contributed by atoms with E-state index in [1.807, 2.05) is 13.8 Å². The van der Waals surface area contributed by atoms with Crippen molar-refractivity contribution in [1.82, 2.24) is 9.13 Å². The van der Waals surface area contributed by atoms with Gasteiger partial charge < -0.3 is 5.11 Å². The van der Waals surface area contributed by atoms with E-state index in [0.29, 0.717) is 24.4 Å². The summed E-state index contributed by atoms with van der Waals surface area (Å²) in [6, 6.07) is 0. The Morgan fingerprint density at radius 2 is 2.00 bits per heavy atom. The highest BCUT2D eigenvalue weighted by atomic mass is 32.1. The average Bonchev–Trinajstić information content (AvgIpc) is 2.34. The van der Waals surface area contributed by atoms with Crippen molar-refractivity contribution in [2.75, 3.05) is 6.54 Å². The van der Waals surface area contributed by atoms with Gasteiger partial charge in [0.25, 0.3) is 5.56 Å². The van der Waals surface area contributed by atoms with Gasteiger partial charge >= 0.3 is 0 Å². The number of hydrogen-bond donors (Lipinski definition) is 1. The van der Waals surface area contributed by atoms with Crippen LogP contribution < -0.4 is 5.56 Å². The van der Waals surface area contributed by atoms with Crippen molar-refractivity contribution in [3.05, 3.63) is 33.3 Å². The average molecular weight is 267 g/mol. The standard InChI is InChI=1S/C12H17N3O2S/c1-4-7-13-8-9-10(16)14(5-2)12(18)15(6-3)11(9)17/h4,8,16H,1,5-7H2,2-3H3. The molecule has 0 bridgehead atoms. The summed E-state index contributed by atoms with van der Waals surface area (Å²) >= 11 is 5.17. The molecular weight excluding hydrogens is 250 g/mol. The minimum absolute atomic E-state index is 0.134. The Morgan fingerprint density at radius 1 is 1.39 bits per heavy atom. The molecule has 1 aromatic heterocycles. The molecule has 0 fully saturated rings. The fraction of sp³-hybridized carbons (Fsp3) is 0.417. The van der Waals surface area contributed by atoms with Crippen LogP contribution in [0.1, 0.15) is 19.4 Å². The molecule has 0 spiro atoms. The van der Waals surface area contributed by atoms with Gasteiger partial charge in [0.1, 0.15) is 5.56 Å². The Hall–Kier alpha value is -1.69. The predicted molar refractivity (Wildman–Crippen MR) is 75.2 cm³/mol. The molecule has 1 aromatic rings. The van der Waals surface area contributed by atoms with Crippen molar-refractivity contribution in [2.45, 2.75) is 26.9 Å². The number of nitrogens with zero attached hydrogens (tertiary/aromatic N) is 3. The summed E-state index contributed by atoms with van der Waals surface area (Å²) in [5, 5.41) is 10.0. The lowest BCUT2D eigenvalue weighted by Crippen LogP contribution is -2.28. The highest BCUT2D eigenvalue weighted by Gasteiger charge is 2.13. The molecule has 5 nitrogen and oxygen atoms in total. The molecule has 0 radical (unpaired) electrons. The van der Waals surface area contributed by atoms with E-state index in [2.05, 4.69) is 11.6 Å². The van der Waals surface area contributed by atoms with Crippen LogP contribution in [0, 0.1) is 4.77 Å². The van der Waals surface area contributed by atoms with Crippen molar-refractivity contribution < 1.29 is 5.11 Å². The highest BCUT2D eigenvalue weighted by molar-refractivity contribution is 7.71. The molecule has 6 heteroatoms. The number of hydrogen-bond acceptors (Lipinski definition) is 4. The minimum atomic E-state index is -0.322. The molecule has 0 aromatic carbocycles. The van der Waals surface area contributed by atoms with Crippen LogP contribution in [0.3, 0.4) is 0 Å². The number of aromatic hydroxyl groups is 1. The second kappa shape index (κ2) is 6.30. The van der Waals surface area contributed by atoms with Crippen molar-refractivity contribution in [3.8, 4) is 5.88 Å². The van der Waals surface area contributed by atoms with E-state index >= 15 is 0 Å². The van der Waals surface area contributed by atoms with Crippen molar-refractivity contribution in [2.24, 2.45) is 4.99 Å². The molecule has 18 heavy (non-hydrogen) atoms. The lowest BCUT2D eigenvalue weighted by atomic mass is 10.3. The second-order valence-electron chi connectivity index (χ2n) is 3.60. The fourth-order valence-corrected chi connectivity index (χ4v) is 2.03. The van der Waals surface area contributed by atoms with E-state index in [1.54, 1.807) is 6.08 Å². The topological polar surface area (TPSA) is 59.5 Å². The van der Waals surface area contributed by atoms with E-state index in [-0.39, 0.29) is 17.0 Å². The van der Waals surface area contributed by atoms with Gasteiger partial charge in [-0.25, -0.2) is 0 Å². The first kappa shape index (κ1) is 14.4. The molecule has 0 unspecified atom stereocenters. The van der Waals surface area contributed by atoms with Gasteiger partial charge in [-0.3, -0.25) is 18.9 Å². The first-order chi connectivity index (χ1) is 8.58. The van der Waals surface area contributed by atoms with Gasteiger partial charge in [0.2, 0.25) is 5.88 Å². The maximum Gasteiger partial charge on any atom is 0.267 e. The lowest BCUT2D eigenvalue weighted by Gasteiger charge is -2.13.